The Morgan fingerprint density at radius 1 is 0.435 bits per heavy atom. The number of benzene rings is 7. The summed E-state index contributed by atoms with van der Waals surface area (Å²) in [6.07, 6.45) is 1.92. The predicted molar refractivity (Wildman–Crippen MR) is 286 cm³/mol. The minimum atomic E-state index is -0.0723. The van der Waals surface area contributed by atoms with Gasteiger partial charge in [-0.2, -0.15) is 0 Å². The maximum atomic E-state index is 11.3. The topological polar surface area (TPSA) is 50.9 Å². The van der Waals surface area contributed by atoms with Crippen LogP contribution in [0.4, 0.5) is 0 Å². The first-order chi connectivity index (χ1) is 32.5. The van der Waals surface area contributed by atoms with Crippen LogP contribution in [0.25, 0.3) is 94.6 Å². The monoisotopic (exact) mass is 1080 g/mol. The van der Waals surface area contributed by atoms with Crippen molar-refractivity contribution in [3.8, 4) is 78.6 Å². The van der Waals surface area contributed by atoms with Gasteiger partial charge in [-0.15, -0.1) is 18.2 Å². The number of hydrogen-bond acceptors (Lipinski definition) is 3. The molecular formula is C64H58N3OPt-. The number of nitrogens with zero attached hydrogens (tertiary/aromatic N) is 3. The van der Waals surface area contributed by atoms with Crippen LogP contribution < -0.4 is 0 Å². The largest absolute Gasteiger partial charge is 0.507 e. The normalized spacial score (nSPS) is 12.1. The molecule has 346 valence electrons. The summed E-state index contributed by atoms with van der Waals surface area (Å²) in [6.45, 7) is 20.4. The smallest absolute Gasteiger partial charge is 0.124 e. The van der Waals surface area contributed by atoms with E-state index >= 15 is 0 Å². The molecule has 7 aromatic carbocycles. The first-order valence-electron chi connectivity index (χ1n) is 23.7. The fourth-order valence-corrected chi connectivity index (χ4v) is 9.34. The summed E-state index contributed by atoms with van der Waals surface area (Å²) in [7, 11) is 0. The predicted octanol–water partition coefficient (Wildman–Crippen LogP) is 17.0. The molecule has 10 aromatic rings. The molecule has 0 aliphatic heterocycles. The van der Waals surface area contributed by atoms with Crippen molar-refractivity contribution in [3.63, 3.8) is 0 Å². The Morgan fingerprint density at radius 2 is 0.986 bits per heavy atom. The molecule has 0 atom stereocenters. The molecule has 0 radical (unpaired) electrons. The Morgan fingerprint density at radius 3 is 1.67 bits per heavy atom. The van der Waals surface area contributed by atoms with Crippen LogP contribution in [0.15, 0.2) is 182 Å². The van der Waals surface area contributed by atoms with E-state index in [0.717, 1.165) is 72.6 Å². The maximum absolute atomic E-state index is 11.3. The number of aromatic hydroxyl groups is 1. The molecule has 1 N–H and O–H groups in total. The summed E-state index contributed by atoms with van der Waals surface area (Å²) in [5.74, 6) is 0.182. The summed E-state index contributed by atoms with van der Waals surface area (Å²) >= 11 is 0. The van der Waals surface area contributed by atoms with Crippen LogP contribution in [-0.4, -0.2) is 19.6 Å². The van der Waals surface area contributed by atoms with Gasteiger partial charge in [0.25, 0.3) is 0 Å². The SMILES string of the molecule is CC(C)(C)c1ccc(-c2cc(-c3cc(-c4cccc5c6ccccc6n(-c6ccccc6)c45)ccn3)[c-]c(-c3cc(-c4cc(C(C)(C)C)cc(C(C)(C)C)c4)cc(-c4ccccc4O)n3)c2)cc1.[Pt]. The molecule has 0 saturated heterocycles. The van der Waals surface area contributed by atoms with Crippen molar-refractivity contribution in [2.45, 2.75) is 78.6 Å². The zero-order chi connectivity index (χ0) is 47.5. The van der Waals surface area contributed by atoms with E-state index < -0.39 is 0 Å². The van der Waals surface area contributed by atoms with Crippen molar-refractivity contribution < 1.29 is 26.2 Å². The Balaban J connectivity index is 0.00000593. The molecule has 0 saturated carbocycles. The minimum absolute atomic E-state index is 0. The van der Waals surface area contributed by atoms with E-state index in [9.17, 15) is 5.11 Å². The number of aromatic nitrogens is 3. The minimum Gasteiger partial charge on any atom is -0.507 e. The number of fused-ring (bicyclic) bond motifs is 3. The van der Waals surface area contributed by atoms with Gasteiger partial charge in [0.15, 0.2) is 0 Å². The molecule has 0 bridgehead atoms. The molecule has 0 unspecified atom stereocenters. The van der Waals surface area contributed by atoms with Crippen LogP contribution in [0.5, 0.6) is 5.75 Å². The van der Waals surface area contributed by atoms with Crippen molar-refractivity contribution in [2.24, 2.45) is 0 Å². The molecule has 0 fully saturated rings. The quantitative estimate of drug-likeness (QED) is 0.162. The van der Waals surface area contributed by atoms with Gasteiger partial charge >= 0.3 is 0 Å². The molecular weight excluding hydrogens is 1020 g/mol. The number of rotatable bonds is 7. The number of pyridine rings is 2. The second-order valence-electron chi connectivity index (χ2n) is 21.3. The fraction of sp³-hybridized carbons (Fsp3) is 0.188. The van der Waals surface area contributed by atoms with Crippen LogP contribution in [-0.2, 0) is 37.3 Å². The standard InChI is InChI=1S/C64H58N3O.Pt/c1-62(2,3)48-28-26-41(27-29-48)43-32-46(56-37-42(30-31-65-56)52-22-17-23-54-53-20-13-15-24-59(53)67(61(52)54)51-18-11-10-12-19-51)34-47(33-43)57-38-45(39-58(66-57)55-21-14-16-25-60(55)68)44-35-49(63(4,5)6)40-50(36-44)64(7,8)9;/h10-33,35-40,68H,1-9H3;/q-1;. The summed E-state index contributed by atoms with van der Waals surface area (Å²) in [6, 6.07) is 66.1. The van der Waals surface area contributed by atoms with Gasteiger partial charge in [0.2, 0.25) is 0 Å². The van der Waals surface area contributed by atoms with E-state index in [1.807, 2.05) is 24.4 Å². The van der Waals surface area contributed by atoms with Gasteiger partial charge in [0, 0.05) is 66.2 Å². The van der Waals surface area contributed by atoms with Crippen LogP contribution in [0, 0.1) is 6.07 Å². The summed E-state index contributed by atoms with van der Waals surface area (Å²) < 4.78 is 2.38. The third-order valence-corrected chi connectivity index (χ3v) is 13.3. The first-order valence-corrected chi connectivity index (χ1v) is 23.7. The van der Waals surface area contributed by atoms with Gasteiger partial charge < -0.3 is 9.67 Å². The van der Waals surface area contributed by atoms with E-state index in [-0.39, 0.29) is 43.1 Å². The van der Waals surface area contributed by atoms with Gasteiger partial charge in [-0.05, 0) is 97.7 Å². The van der Waals surface area contributed by atoms with Gasteiger partial charge in [0.1, 0.15) is 5.75 Å². The van der Waals surface area contributed by atoms with Crippen LogP contribution >= 0.6 is 0 Å². The second kappa shape index (κ2) is 18.2. The fourth-order valence-electron chi connectivity index (χ4n) is 9.34. The molecule has 10 rings (SSSR count). The van der Waals surface area contributed by atoms with Crippen molar-refractivity contribution >= 4 is 21.8 Å². The van der Waals surface area contributed by atoms with E-state index in [1.54, 1.807) is 6.07 Å². The van der Waals surface area contributed by atoms with Crippen LogP contribution in [0.1, 0.15) is 79.0 Å². The molecule has 0 aliphatic carbocycles. The first kappa shape index (κ1) is 47.2. The van der Waals surface area contributed by atoms with Crippen molar-refractivity contribution in [3.05, 3.63) is 205 Å². The Kier molecular flexibility index (Phi) is 12.5. The van der Waals surface area contributed by atoms with E-state index in [4.69, 9.17) is 9.97 Å². The van der Waals surface area contributed by atoms with Gasteiger partial charge in [0.05, 0.1) is 16.7 Å². The third kappa shape index (κ3) is 9.36. The van der Waals surface area contributed by atoms with E-state index in [2.05, 4.69) is 225 Å². The van der Waals surface area contributed by atoms with Gasteiger partial charge in [-0.1, -0.05) is 200 Å². The Labute approximate surface area is 422 Å². The second-order valence-corrected chi connectivity index (χ2v) is 21.3. The van der Waals surface area contributed by atoms with Crippen molar-refractivity contribution in [1.82, 2.24) is 14.5 Å². The summed E-state index contributed by atoms with van der Waals surface area (Å²) in [5, 5.41) is 13.7. The molecule has 0 amide bonds. The summed E-state index contributed by atoms with van der Waals surface area (Å²) in [5.41, 5.74) is 18.1. The maximum Gasteiger partial charge on any atom is 0.124 e. The van der Waals surface area contributed by atoms with Gasteiger partial charge in [-0.25, -0.2) is 0 Å². The average Bonchev–Trinajstić information content (AvgIpc) is 3.68. The van der Waals surface area contributed by atoms with E-state index in [1.165, 1.54) is 27.5 Å². The number of para-hydroxylation sites is 4. The molecule has 3 aromatic heterocycles. The summed E-state index contributed by atoms with van der Waals surface area (Å²) in [4.78, 5) is 10.4. The zero-order valence-electron chi connectivity index (χ0n) is 40.9. The zero-order valence-corrected chi connectivity index (χ0v) is 43.2. The molecule has 0 spiro atoms. The van der Waals surface area contributed by atoms with Gasteiger partial charge in [-0.3, -0.25) is 9.97 Å². The molecule has 3 heterocycles. The average molecular weight is 1080 g/mol. The Hall–Kier alpha value is -6.87. The number of phenols is 1. The van der Waals surface area contributed by atoms with Crippen molar-refractivity contribution in [1.29, 1.82) is 0 Å². The van der Waals surface area contributed by atoms with Crippen LogP contribution in [0.3, 0.4) is 0 Å². The number of hydrogen-bond donors (Lipinski definition) is 1. The molecule has 4 nitrogen and oxygen atoms in total. The molecule has 69 heavy (non-hydrogen) atoms. The third-order valence-electron chi connectivity index (χ3n) is 13.3. The Bertz CT molecular complexity index is 3480. The molecule has 0 aliphatic rings. The number of phenolic OH excluding ortho intramolecular Hbond substituents is 1. The van der Waals surface area contributed by atoms with Crippen LogP contribution in [0.2, 0.25) is 0 Å². The van der Waals surface area contributed by atoms with E-state index in [0.29, 0.717) is 11.3 Å². The van der Waals surface area contributed by atoms with Crippen molar-refractivity contribution in [2.75, 3.05) is 0 Å². The molecule has 5 heteroatoms.